The minimum Gasteiger partial charge on any atom is -0.193 e. The molecule has 0 atom stereocenters. The van der Waals surface area contributed by atoms with E-state index in [1.165, 1.54) is 0 Å². The minimum absolute atomic E-state index is 0.365. The van der Waals surface area contributed by atoms with Crippen LogP contribution in [0.15, 0.2) is 11.0 Å². The van der Waals surface area contributed by atoms with Crippen molar-refractivity contribution < 1.29 is 0 Å². The molecule has 2 heteroatoms. The van der Waals surface area contributed by atoms with E-state index in [-0.39, 0.29) is 0 Å². The number of nitriles is 1. The fraction of sp³-hybridized carbons (Fsp3) is 0.625. The first-order valence-corrected chi connectivity index (χ1v) is 4.49. The van der Waals surface area contributed by atoms with Crippen LogP contribution in [0, 0.1) is 17.2 Å². The molecule has 0 aliphatic heterocycles. The maximum absolute atomic E-state index is 8.59. The van der Waals surface area contributed by atoms with Gasteiger partial charge >= 0.3 is 0 Å². The average molecular weight is 155 g/mol. The van der Waals surface area contributed by atoms with Crippen LogP contribution < -0.4 is 0 Å². The molecule has 0 radical (unpaired) electrons. The Kier molecular flexibility index (Phi) is 5.15. The van der Waals surface area contributed by atoms with Crippen molar-refractivity contribution in [3.05, 3.63) is 11.0 Å². The standard InChI is InChI=1S/C8H13NS/c1-4-10-6-8(5-9)7(2)3/h6-7H,4H2,1-3H3/b8-6+. The van der Waals surface area contributed by atoms with Crippen molar-refractivity contribution in [2.45, 2.75) is 20.8 Å². The second kappa shape index (κ2) is 5.37. The normalized spacial score (nSPS) is 11.7. The summed E-state index contributed by atoms with van der Waals surface area (Å²) in [6.07, 6.45) is 0. The van der Waals surface area contributed by atoms with Crippen LogP contribution in [0.25, 0.3) is 0 Å². The van der Waals surface area contributed by atoms with Crippen molar-refractivity contribution in [2.24, 2.45) is 5.92 Å². The fourth-order valence-electron chi connectivity index (χ4n) is 0.465. The van der Waals surface area contributed by atoms with E-state index in [1.54, 1.807) is 11.8 Å². The topological polar surface area (TPSA) is 23.8 Å². The molecule has 0 aliphatic rings. The van der Waals surface area contributed by atoms with Crippen molar-refractivity contribution >= 4 is 11.8 Å². The molecule has 0 saturated carbocycles. The van der Waals surface area contributed by atoms with E-state index in [4.69, 9.17) is 5.26 Å². The Hall–Kier alpha value is -0.420. The molecule has 56 valence electrons. The number of hydrogen-bond acceptors (Lipinski definition) is 2. The monoisotopic (exact) mass is 155 g/mol. The zero-order valence-corrected chi connectivity index (χ0v) is 7.53. The Bertz CT molecular complexity index is 153. The maximum atomic E-state index is 8.59. The van der Waals surface area contributed by atoms with Crippen LogP contribution in [0.5, 0.6) is 0 Å². The van der Waals surface area contributed by atoms with Gasteiger partial charge in [-0.05, 0) is 17.1 Å². The number of rotatable bonds is 3. The van der Waals surface area contributed by atoms with Crippen LogP contribution in [-0.2, 0) is 0 Å². The molecule has 0 unspecified atom stereocenters. The van der Waals surface area contributed by atoms with Gasteiger partial charge in [-0.25, -0.2) is 0 Å². The summed E-state index contributed by atoms with van der Waals surface area (Å²) in [6.45, 7) is 6.15. The van der Waals surface area contributed by atoms with Gasteiger partial charge in [-0.1, -0.05) is 20.8 Å². The van der Waals surface area contributed by atoms with Crippen LogP contribution in [0.4, 0.5) is 0 Å². The van der Waals surface area contributed by atoms with E-state index in [0.717, 1.165) is 11.3 Å². The molecule has 0 rings (SSSR count). The summed E-state index contributed by atoms with van der Waals surface area (Å²) in [5.41, 5.74) is 0.881. The van der Waals surface area contributed by atoms with E-state index in [2.05, 4.69) is 13.0 Å². The molecule has 0 fully saturated rings. The Balaban J connectivity index is 3.95. The van der Waals surface area contributed by atoms with Crippen LogP contribution in [-0.4, -0.2) is 5.75 Å². The second-order valence-electron chi connectivity index (χ2n) is 2.30. The highest BCUT2D eigenvalue weighted by Gasteiger charge is 1.99. The van der Waals surface area contributed by atoms with E-state index < -0.39 is 0 Å². The van der Waals surface area contributed by atoms with Gasteiger partial charge in [0.05, 0.1) is 6.07 Å². The largest absolute Gasteiger partial charge is 0.193 e. The lowest BCUT2D eigenvalue weighted by Gasteiger charge is -1.99. The van der Waals surface area contributed by atoms with Crippen molar-refractivity contribution in [3.63, 3.8) is 0 Å². The molecule has 0 aliphatic carbocycles. The molecule has 1 nitrogen and oxygen atoms in total. The number of thioether (sulfide) groups is 1. The van der Waals surface area contributed by atoms with Gasteiger partial charge < -0.3 is 0 Å². The molecular weight excluding hydrogens is 142 g/mol. The zero-order chi connectivity index (χ0) is 7.98. The van der Waals surface area contributed by atoms with Crippen molar-refractivity contribution in [1.82, 2.24) is 0 Å². The first-order valence-electron chi connectivity index (χ1n) is 3.44. The van der Waals surface area contributed by atoms with Crippen LogP contribution in [0.3, 0.4) is 0 Å². The van der Waals surface area contributed by atoms with Gasteiger partial charge in [0, 0.05) is 5.57 Å². The van der Waals surface area contributed by atoms with Gasteiger partial charge in [0.1, 0.15) is 0 Å². The van der Waals surface area contributed by atoms with E-state index >= 15 is 0 Å². The highest BCUT2D eigenvalue weighted by molar-refractivity contribution is 8.02. The number of hydrogen-bond donors (Lipinski definition) is 0. The molecule has 0 aromatic heterocycles. The van der Waals surface area contributed by atoms with Gasteiger partial charge in [-0.15, -0.1) is 11.8 Å². The van der Waals surface area contributed by atoms with Crippen molar-refractivity contribution in [1.29, 1.82) is 5.26 Å². The van der Waals surface area contributed by atoms with E-state index in [9.17, 15) is 0 Å². The zero-order valence-electron chi connectivity index (χ0n) is 6.72. The third-order valence-electron chi connectivity index (χ3n) is 1.13. The lowest BCUT2D eigenvalue weighted by atomic mass is 10.1. The summed E-state index contributed by atoms with van der Waals surface area (Å²) in [6, 6.07) is 2.18. The van der Waals surface area contributed by atoms with Gasteiger partial charge in [-0.2, -0.15) is 5.26 Å². The van der Waals surface area contributed by atoms with Crippen LogP contribution in [0.2, 0.25) is 0 Å². The first-order chi connectivity index (χ1) is 4.72. The Morgan fingerprint density at radius 2 is 2.30 bits per heavy atom. The molecular formula is C8H13NS. The Morgan fingerprint density at radius 1 is 1.70 bits per heavy atom. The molecule has 0 amide bonds. The Labute approximate surface area is 67.1 Å². The molecule has 0 spiro atoms. The Morgan fingerprint density at radius 3 is 2.60 bits per heavy atom. The lowest BCUT2D eigenvalue weighted by Crippen LogP contribution is -1.88. The van der Waals surface area contributed by atoms with Crippen LogP contribution in [0.1, 0.15) is 20.8 Å². The molecule has 0 saturated heterocycles. The van der Waals surface area contributed by atoms with E-state index in [1.807, 2.05) is 19.3 Å². The molecule has 10 heavy (non-hydrogen) atoms. The lowest BCUT2D eigenvalue weighted by molar-refractivity contribution is 0.798. The molecule has 0 aromatic rings. The van der Waals surface area contributed by atoms with Gasteiger partial charge in [0.2, 0.25) is 0 Å². The summed E-state index contributed by atoms with van der Waals surface area (Å²) >= 11 is 1.68. The summed E-state index contributed by atoms with van der Waals surface area (Å²) in [4.78, 5) is 0. The summed E-state index contributed by atoms with van der Waals surface area (Å²) in [5, 5.41) is 10.5. The van der Waals surface area contributed by atoms with Crippen molar-refractivity contribution in [3.8, 4) is 6.07 Å². The van der Waals surface area contributed by atoms with Gasteiger partial charge in [0.25, 0.3) is 0 Å². The molecule has 0 aromatic carbocycles. The maximum Gasteiger partial charge on any atom is 0.0955 e. The summed E-state index contributed by atoms with van der Waals surface area (Å²) < 4.78 is 0. The third-order valence-corrected chi connectivity index (χ3v) is 1.88. The van der Waals surface area contributed by atoms with Crippen molar-refractivity contribution in [2.75, 3.05) is 5.75 Å². The summed E-state index contributed by atoms with van der Waals surface area (Å²) in [7, 11) is 0. The highest BCUT2D eigenvalue weighted by Crippen LogP contribution is 2.13. The smallest absolute Gasteiger partial charge is 0.0955 e. The SMILES string of the molecule is CCS/C=C(\C#N)C(C)C. The minimum atomic E-state index is 0.365. The quantitative estimate of drug-likeness (QED) is 0.585. The number of nitrogens with zero attached hydrogens (tertiary/aromatic N) is 1. The molecule has 0 heterocycles. The molecule has 0 bridgehead atoms. The predicted octanol–water partition coefficient (Wildman–Crippen LogP) is 2.80. The number of allylic oxidation sites excluding steroid dienone is 1. The first kappa shape index (κ1) is 9.58. The molecule has 0 N–H and O–H groups in total. The van der Waals surface area contributed by atoms with E-state index in [0.29, 0.717) is 5.92 Å². The van der Waals surface area contributed by atoms with Crippen LogP contribution >= 0.6 is 11.8 Å². The average Bonchev–Trinajstić information content (AvgIpc) is 1.89. The van der Waals surface area contributed by atoms with Gasteiger partial charge in [-0.3, -0.25) is 0 Å². The van der Waals surface area contributed by atoms with Gasteiger partial charge in [0.15, 0.2) is 0 Å². The highest BCUT2D eigenvalue weighted by atomic mass is 32.2. The fourth-order valence-corrected chi connectivity index (χ4v) is 1.14. The summed E-state index contributed by atoms with van der Waals surface area (Å²) in [5.74, 6) is 1.40. The second-order valence-corrected chi connectivity index (χ2v) is 3.44. The third kappa shape index (κ3) is 3.58. The predicted molar refractivity (Wildman–Crippen MR) is 46.7 cm³/mol.